The SMILES string of the molecule is O=C(Nc1nc(C(=O)N2CCN(C(=O)c3ccco3)CC2)co1)C1CC1. The highest BCUT2D eigenvalue weighted by molar-refractivity contribution is 5.95. The Morgan fingerprint density at radius 1 is 1.04 bits per heavy atom. The van der Waals surface area contributed by atoms with Gasteiger partial charge in [0.05, 0.1) is 6.26 Å². The number of oxazole rings is 1. The molecule has 3 heterocycles. The van der Waals surface area contributed by atoms with E-state index in [4.69, 9.17) is 8.83 Å². The molecular weight excluding hydrogens is 340 g/mol. The molecule has 0 spiro atoms. The van der Waals surface area contributed by atoms with Gasteiger partial charge in [0.15, 0.2) is 11.5 Å². The van der Waals surface area contributed by atoms with Crippen LogP contribution in [-0.2, 0) is 4.79 Å². The van der Waals surface area contributed by atoms with E-state index in [1.165, 1.54) is 12.5 Å². The first kappa shape index (κ1) is 16.4. The Morgan fingerprint density at radius 3 is 2.35 bits per heavy atom. The molecule has 9 heteroatoms. The van der Waals surface area contributed by atoms with E-state index in [2.05, 4.69) is 10.3 Å². The summed E-state index contributed by atoms with van der Waals surface area (Å²) >= 11 is 0. The number of carbonyl (C=O) groups is 3. The Bertz CT molecular complexity index is 816. The summed E-state index contributed by atoms with van der Waals surface area (Å²) in [4.78, 5) is 43.8. The molecule has 0 unspecified atom stereocenters. The van der Waals surface area contributed by atoms with Crippen LogP contribution in [0.3, 0.4) is 0 Å². The molecule has 2 aliphatic rings. The lowest BCUT2D eigenvalue weighted by Gasteiger charge is -2.33. The molecule has 1 N–H and O–H groups in total. The summed E-state index contributed by atoms with van der Waals surface area (Å²) in [6.07, 6.45) is 4.45. The van der Waals surface area contributed by atoms with Crippen molar-refractivity contribution < 1.29 is 23.2 Å². The lowest BCUT2D eigenvalue weighted by atomic mass is 10.2. The van der Waals surface area contributed by atoms with E-state index in [1.54, 1.807) is 21.9 Å². The van der Waals surface area contributed by atoms with Crippen molar-refractivity contribution in [1.29, 1.82) is 0 Å². The summed E-state index contributed by atoms with van der Waals surface area (Å²) in [7, 11) is 0. The number of rotatable bonds is 4. The fourth-order valence-corrected chi connectivity index (χ4v) is 2.81. The van der Waals surface area contributed by atoms with Gasteiger partial charge in [-0.05, 0) is 25.0 Å². The average molecular weight is 358 g/mol. The van der Waals surface area contributed by atoms with E-state index in [1.807, 2.05) is 0 Å². The molecule has 136 valence electrons. The number of nitrogens with one attached hydrogen (secondary N) is 1. The predicted molar refractivity (Wildman–Crippen MR) is 88.4 cm³/mol. The molecule has 0 aromatic carbocycles. The minimum atomic E-state index is -0.286. The zero-order chi connectivity index (χ0) is 18.1. The maximum Gasteiger partial charge on any atom is 0.302 e. The van der Waals surface area contributed by atoms with E-state index in [9.17, 15) is 14.4 Å². The van der Waals surface area contributed by atoms with Crippen molar-refractivity contribution in [3.8, 4) is 0 Å². The van der Waals surface area contributed by atoms with Gasteiger partial charge in [-0.3, -0.25) is 19.7 Å². The first-order valence-electron chi connectivity index (χ1n) is 8.50. The van der Waals surface area contributed by atoms with Crippen LogP contribution in [-0.4, -0.2) is 58.7 Å². The summed E-state index contributed by atoms with van der Waals surface area (Å²) in [6.45, 7) is 1.60. The van der Waals surface area contributed by atoms with Gasteiger partial charge in [0.1, 0.15) is 6.26 Å². The van der Waals surface area contributed by atoms with Gasteiger partial charge in [0.25, 0.3) is 11.8 Å². The normalized spacial score (nSPS) is 17.2. The largest absolute Gasteiger partial charge is 0.459 e. The molecule has 0 atom stereocenters. The maximum absolute atomic E-state index is 12.5. The molecule has 2 fully saturated rings. The average Bonchev–Trinajstić information content (AvgIpc) is 3.18. The van der Waals surface area contributed by atoms with E-state index in [0.717, 1.165) is 12.8 Å². The zero-order valence-electron chi connectivity index (χ0n) is 14.0. The summed E-state index contributed by atoms with van der Waals surface area (Å²) in [5, 5.41) is 2.57. The highest BCUT2D eigenvalue weighted by Gasteiger charge is 2.31. The van der Waals surface area contributed by atoms with E-state index >= 15 is 0 Å². The molecule has 4 rings (SSSR count). The fraction of sp³-hybridized carbons (Fsp3) is 0.412. The van der Waals surface area contributed by atoms with Gasteiger partial charge >= 0.3 is 6.01 Å². The molecule has 2 aromatic rings. The van der Waals surface area contributed by atoms with Crippen molar-refractivity contribution in [2.45, 2.75) is 12.8 Å². The van der Waals surface area contributed by atoms with Crippen molar-refractivity contribution in [3.63, 3.8) is 0 Å². The molecular formula is C17H18N4O5. The molecule has 1 aliphatic heterocycles. The molecule has 26 heavy (non-hydrogen) atoms. The quantitative estimate of drug-likeness (QED) is 0.880. The Kier molecular flexibility index (Phi) is 4.19. The first-order valence-corrected chi connectivity index (χ1v) is 8.50. The van der Waals surface area contributed by atoms with E-state index in [-0.39, 0.29) is 41.1 Å². The molecule has 3 amide bonds. The minimum absolute atomic E-state index is 0.0285. The molecule has 1 saturated heterocycles. The van der Waals surface area contributed by atoms with Crippen LogP contribution in [0.25, 0.3) is 0 Å². The number of furan rings is 1. The van der Waals surface area contributed by atoms with Gasteiger partial charge in [-0.2, -0.15) is 4.98 Å². The number of hydrogen-bond donors (Lipinski definition) is 1. The molecule has 9 nitrogen and oxygen atoms in total. The van der Waals surface area contributed by atoms with Crippen LogP contribution in [0, 0.1) is 5.92 Å². The van der Waals surface area contributed by atoms with Gasteiger partial charge in [0, 0.05) is 32.1 Å². The smallest absolute Gasteiger partial charge is 0.302 e. The zero-order valence-corrected chi connectivity index (χ0v) is 14.0. The minimum Gasteiger partial charge on any atom is -0.459 e. The third kappa shape index (κ3) is 3.32. The highest BCUT2D eigenvalue weighted by Crippen LogP contribution is 2.30. The lowest BCUT2D eigenvalue weighted by Crippen LogP contribution is -2.50. The van der Waals surface area contributed by atoms with Crippen LogP contribution in [0.2, 0.25) is 0 Å². The van der Waals surface area contributed by atoms with Crippen LogP contribution in [0.1, 0.15) is 33.9 Å². The van der Waals surface area contributed by atoms with E-state index in [0.29, 0.717) is 26.2 Å². The summed E-state index contributed by atoms with van der Waals surface area (Å²) in [5.41, 5.74) is 0.141. The Morgan fingerprint density at radius 2 is 1.73 bits per heavy atom. The van der Waals surface area contributed by atoms with Crippen molar-refractivity contribution in [1.82, 2.24) is 14.8 Å². The second kappa shape index (κ2) is 6.66. The van der Waals surface area contributed by atoms with Crippen molar-refractivity contribution >= 4 is 23.7 Å². The third-order valence-electron chi connectivity index (χ3n) is 4.49. The maximum atomic E-state index is 12.5. The second-order valence-corrected chi connectivity index (χ2v) is 6.36. The highest BCUT2D eigenvalue weighted by atomic mass is 16.4. The number of hydrogen-bond acceptors (Lipinski definition) is 6. The molecule has 1 saturated carbocycles. The summed E-state index contributed by atoms with van der Waals surface area (Å²) in [5.74, 6) is -0.284. The third-order valence-corrected chi connectivity index (χ3v) is 4.49. The van der Waals surface area contributed by atoms with Crippen LogP contribution in [0.4, 0.5) is 6.01 Å². The second-order valence-electron chi connectivity index (χ2n) is 6.36. The fourth-order valence-electron chi connectivity index (χ4n) is 2.81. The Balaban J connectivity index is 1.32. The molecule has 1 aliphatic carbocycles. The number of carbonyl (C=O) groups excluding carboxylic acids is 3. The standard InChI is InChI=1S/C17H18N4O5/c22-14(11-3-4-11)19-17-18-12(10-26-17)15(23)20-5-7-21(8-6-20)16(24)13-2-1-9-25-13/h1-2,9-11H,3-8H2,(H,18,19,22). The summed E-state index contributed by atoms with van der Waals surface area (Å²) < 4.78 is 10.3. The molecule has 0 bridgehead atoms. The Hall–Kier alpha value is -3.10. The van der Waals surface area contributed by atoms with E-state index < -0.39 is 0 Å². The number of anilines is 1. The summed E-state index contributed by atoms with van der Waals surface area (Å²) in [6, 6.07) is 3.32. The van der Waals surface area contributed by atoms with Gasteiger partial charge in [-0.1, -0.05) is 0 Å². The van der Waals surface area contributed by atoms with Crippen molar-refractivity contribution in [2.24, 2.45) is 5.92 Å². The van der Waals surface area contributed by atoms with Gasteiger partial charge in [0.2, 0.25) is 5.91 Å². The van der Waals surface area contributed by atoms with Crippen LogP contribution in [0.5, 0.6) is 0 Å². The Labute approximate surface area is 148 Å². The number of piperazine rings is 1. The van der Waals surface area contributed by atoms with Crippen LogP contribution < -0.4 is 5.32 Å². The number of aromatic nitrogens is 1. The lowest BCUT2D eigenvalue weighted by molar-refractivity contribution is -0.117. The topological polar surface area (TPSA) is 109 Å². The molecule has 0 radical (unpaired) electrons. The molecule has 2 aromatic heterocycles. The number of nitrogens with zero attached hydrogens (tertiary/aromatic N) is 3. The number of amides is 3. The first-order chi connectivity index (χ1) is 12.6. The van der Waals surface area contributed by atoms with Gasteiger partial charge in [-0.25, -0.2) is 0 Å². The van der Waals surface area contributed by atoms with Gasteiger partial charge < -0.3 is 18.6 Å². The van der Waals surface area contributed by atoms with Gasteiger partial charge in [-0.15, -0.1) is 0 Å². The predicted octanol–water partition coefficient (Wildman–Crippen LogP) is 1.21. The monoisotopic (exact) mass is 358 g/mol. The van der Waals surface area contributed by atoms with Crippen LogP contribution >= 0.6 is 0 Å². The van der Waals surface area contributed by atoms with Crippen molar-refractivity contribution in [2.75, 3.05) is 31.5 Å². The van der Waals surface area contributed by atoms with Crippen molar-refractivity contribution in [3.05, 3.63) is 36.1 Å². The van der Waals surface area contributed by atoms with Crippen LogP contribution in [0.15, 0.2) is 33.5 Å².